The molecule has 82 valence electrons. The van der Waals surface area contributed by atoms with E-state index in [-0.39, 0.29) is 17.7 Å². The van der Waals surface area contributed by atoms with Crippen molar-refractivity contribution in [3.8, 4) is 6.07 Å². The van der Waals surface area contributed by atoms with Gasteiger partial charge in [-0.05, 0) is 18.2 Å². The number of benzene rings is 1. The van der Waals surface area contributed by atoms with Gasteiger partial charge in [0.15, 0.2) is 0 Å². The minimum Gasteiger partial charge on any atom is -0.366 e. The van der Waals surface area contributed by atoms with Crippen LogP contribution in [0.25, 0.3) is 0 Å². The highest BCUT2D eigenvalue weighted by atomic mass is 19.1. The summed E-state index contributed by atoms with van der Waals surface area (Å²) < 4.78 is 13.2. The van der Waals surface area contributed by atoms with Crippen LogP contribution in [0.5, 0.6) is 0 Å². The second-order valence-corrected chi connectivity index (χ2v) is 2.94. The molecule has 6 heteroatoms. The Morgan fingerprint density at radius 1 is 1.50 bits per heavy atom. The molecule has 3 N–H and O–H groups in total. The predicted molar refractivity (Wildman–Crippen MR) is 53.8 cm³/mol. The molecule has 0 atom stereocenters. The highest BCUT2D eigenvalue weighted by Crippen LogP contribution is 2.16. The fourth-order valence-electron chi connectivity index (χ4n) is 1.04. The lowest BCUT2D eigenvalue weighted by molar-refractivity contribution is -0.115. The summed E-state index contributed by atoms with van der Waals surface area (Å²) in [6, 6.07) is 4.96. The van der Waals surface area contributed by atoms with Crippen LogP contribution in [0.3, 0.4) is 0 Å². The molecule has 1 aromatic rings. The van der Waals surface area contributed by atoms with Crippen molar-refractivity contribution in [2.24, 2.45) is 5.73 Å². The van der Waals surface area contributed by atoms with E-state index in [9.17, 15) is 14.0 Å². The third-order valence-corrected chi connectivity index (χ3v) is 1.76. The molecule has 1 rings (SSSR count). The molecule has 5 nitrogen and oxygen atoms in total. The van der Waals surface area contributed by atoms with Crippen LogP contribution in [0.4, 0.5) is 10.1 Å². The lowest BCUT2D eigenvalue weighted by Crippen LogP contribution is -2.14. The Balaban J connectivity index is 2.95. The number of halogens is 1. The first kappa shape index (κ1) is 11.7. The Morgan fingerprint density at radius 3 is 2.75 bits per heavy atom. The van der Waals surface area contributed by atoms with E-state index in [4.69, 9.17) is 11.0 Å². The van der Waals surface area contributed by atoms with Crippen molar-refractivity contribution in [2.45, 2.75) is 6.42 Å². The van der Waals surface area contributed by atoms with Gasteiger partial charge in [-0.1, -0.05) is 0 Å². The van der Waals surface area contributed by atoms with Gasteiger partial charge < -0.3 is 11.1 Å². The number of nitrogens with two attached hydrogens (primary N) is 1. The molecule has 0 unspecified atom stereocenters. The quantitative estimate of drug-likeness (QED) is 0.789. The molecular formula is C10H8FN3O2. The first-order chi connectivity index (χ1) is 7.54. The first-order valence-electron chi connectivity index (χ1n) is 4.30. The van der Waals surface area contributed by atoms with Gasteiger partial charge in [-0.15, -0.1) is 0 Å². The Labute approximate surface area is 90.7 Å². The van der Waals surface area contributed by atoms with Crippen LogP contribution in [-0.2, 0) is 4.79 Å². The SMILES string of the molecule is N#CCC(=O)Nc1cc(C(N)=O)ccc1F. The molecule has 0 heterocycles. The number of carbonyl (C=O) groups is 2. The summed E-state index contributed by atoms with van der Waals surface area (Å²) in [7, 11) is 0. The number of hydrogen-bond acceptors (Lipinski definition) is 3. The maximum atomic E-state index is 13.2. The summed E-state index contributed by atoms with van der Waals surface area (Å²) in [5, 5.41) is 10.4. The zero-order valence-corrected chi connectivity index (χ0v) is 8.16. The molecular weight excluding hydrogens is 213 g/mol. The third kappa shape index (κ3) is 2.78. The topological polar surface area (TPSA) is 96.0 Å². The Hall–Kier alpha value is -2.42. The molecule has 0 aliphatic heterocycles. The van der Waals surface area contributed by atoms with Gasteiger partial charge in [-0.3, -0.25) is 9.59 Å². The number of nitrogens with zero attached hydrogens (tertiary/aromatic N) is 1. The molecule has 0 radical (unpaired) electrons. The van der Waals surface area contributed by atoms with Gasteiger partial charge in [-0.25, -0.2) is 4.39 Å². The van der Waals surface area contributed by atoms with Gasteiger partial charge in [0.2, 0.25) is 11.8 Å². The van der Waals surface area contributed by atoms with E-state index in [1.165, 1.54) is 6.07 Å². The fraction of sp³-hybridized carbons (Fsp3) is 0.100. The van der Waals surface area contributed by atoms with Crippen molar-refractivity contribution in [1.82, 2.24) is 0 Å². The molecule has 1 aromatic carbocycles. The van der Waals surface area contributed by atoms with Crippen molar-refractivity contribution < 1.29 is 14.0 Å². The monoisotopic (exact) mass is 221 g/mol. The van der Waals surface area contributed by atoms with Crippen LogP contribution in [0.2, 0.25) is 0 Å². The highest BCUT2D eigenvalue weighted by molar-refractivity contribution is 5.96. The molecule has 0 saturated carbocycles. The number of nitriles is 1. The number of rotatable bonds is 3. The van der Waals surface area contributed by atoms with Gasteiger partial charge in [0.1, 0.15) is 12.2 Å². The molecule has 0 saturated heterocycles. The van der Waals surface area contributed by atoms with E-state index in [0.717, 1.165) is 12.1 Å². The summed E-state index contributed by atoms with van der Waals surface area (Å²) in [5.74, 6) is -2.07. The van der Waals surface area contributed by atoms with E-state index in [1.807, 2.05) is 0 Å². The summed E-state index contributed by atoms with van der Waals surface area (Å²) in [5.41, 5.74) is 4.90. The average molecular weight is 221 g/mol. The second-order valence-electron chi connectivity index (χ2n) is 2.94. The van der Waals surface area contributed by atoms with E-state index >= 15 is 0 Å². The number of amides is 2. The fourth-order valence-corrected chi connectivity index (χ4v) is 1.04. The number of nitrogens with one attached hydrogen (secondary N) is 1. The predicted octanol–water partition coefficient (Wildman–Crippen LogP) is 0.777. The van der Waals surface area contributed by atoms with Crippen molar-refractivity contribution in [3.05, 3.63) is 29.6 Å². The average Bonchev–Trinajstić information content (AvgIpc) is 2.21. The van der Waals surface area contributed by atoms with Crippen molar-refractivity contribution in [2.75, 3.05) is 5.32 Å². The Kier molecular flexibility index (Phi) is 3.56. The minimum atomic E-state index is -0.726. The second kappa shape index (κ2) is 4.89. The first-order valence-corrected chi connectivity index (χ1v) is 4.30. The smallest absolute Gasteiger partial charge is 0.248 e. The van der Waals surface area contributed by atoms with Crippen molar-refractivity contribution in [1.29, 1.82) is 5.26 Å². The standard InChI is InChI=1S/C10H8FN3O2/c11-7-2-1-6(10(13)16)5-8(7)14-9(15)3-4-12/h1-2,5H,3H2,(H2,13,16)(H,14,15). The number of hydrogen-bond donors (Lipinski definition) is 2. The minimum absolute atomic E-state index is 0.0775. The lowest BCUT2D eigenvalue weighted by atomic mass is 10.2. The molecule has 0 fully saturated rings. The van der Waals surface area contributed by atoms with Crippen LogP contribution in [-0.4, -0.2) is 11.8 Å². The summed E-state index contributed by atoms with van der Waals surface area (Å²) in [6.45, 7) is 0. The number of primary amides is 1. The van der Waals surface area contributed by atoms with Gasteiger partial charge in [0.05, 0.1) is 11.8 Å². The molecule has 0 aliphatic rings. The number of carbonyl (C=O) groups excluding carboxylic acids is 2. The number of anilines is 1. The van der Waals surface area contributed by atoms with E-state index in [1.54, 1.807) is 6.07 Å². The summed E-state index contributed by atoms with van der Waals surface area (Å²) in [4.78, 5) is 21.8. The van der Waals surface area contributed by atoms with Crippen LogP contribution in [0.15, 0.2) is 18.2 Å². The summed E-state index contributed by atoms with van der Waals surface area (Å²) in [6.07, 6.45) is -0.389. The van der Waals surface area contributed by atoms with Crippen molar-refractivity contribution in [3.63, 3.8) is 0 Å². The van der Waals surface area contributed by atoms with E-state index < -0.39 is 17.6 Å². The molecule has 2 amide bonds. The summed E-state index contributed by atoms with van der Waals surface area (Å²) >= 11 is 0. The Morgan fingerprint density at radius 2 is 2.19 bits per heavy atom. The molecule has 0 aromatic heterocycles. The van der Waals surface area contributed by atoms with Gasteiger partial charge in [0, 0.05) is 5.56 Å². The maximum absolute atomic E-state index is 13.2. The van der Waals surface area contributed by atoms with Crippen molar-refractivity contribution >= 4 is 17.5 Å². The zero-order chi connectivity index (χ0) is 12.1. The normalized spacial score (nSPS) is 9.25. The van der Waals surface area contributed by atoms with E-state index in [0.29, 0.717) is 0 Å². The van der Waals surface area contributed by atoms with Gasteiger partial charge >= 0.3 is 0 Å². The zero-order valence-electron chi connectivity index (χ0n) is 8.16. The lowest BCUT2D eigenvalue weighted by Gasteiger charge is -2.05. The maximum Gasteiger partial charge on any atom is 0.248 e. The largest absolute Gasteiger partial charge is 0.366 e. The molecule has 0 aliphatic carbocycles. The van der Waals surface area contributed by atoms with Crippen LogP contribution in [0, 0.1) is 17.1 Å². The third-order valence-electron chi connectivity index (χ3n) is 1.76. The van der Waals surface area contributed by atoms with Gasteiger partial charge in [-0.2, -0.15) is 5.26 Å². The van der Waals surface area contributed by atoms with E-state index in [2.05, 4.69) is 5.32 Å². The van der Waals surface area contributed by atoms with Crippen LogP contribution < -0.4 is 11.1 Å². The van der Waals surface area contributed by atoms with Gasteiger partial charge in [0.25, 0.3) is 0 Å². The Bertz CT molecular complexity index is 479. The molecule has 0 bridgehead atoms. The van der Waals surface area contributed by atoms with Crippen LogP contribution >= 0.6 is 0 Å². The molecule has 16 heavy (non-hydrogen) atoms. The highest BCUT2D eigenvalue weighted by Gasteiger charge is 2.09. The van der Waals surface area contributed by atoms with Crippen LogP contribution in [0.1, 0.15) is 16.8 Å². The molecule has 0 spiro atoms.